The summed E-state index contributed by atoms with van der Waals surface area (Å²) < 4.78 is 27.4. The molecule has 1 unspecified atom stereocenters. The van der Waals surface area contributed by atoms with Gasteiger partial charge in [0.25, 0.3) is 10.0 Å². The third-order valence-corrected chi connectivity index (χ3v) is 5.53. The molecule has 6 heteroatoms. The summed E-state index contributed by atoms with van der Waals surface area (Å²) in [6.07, 6.45) is -0.737. The second-order valence-electron chi connectivity index (χ2n) is 4.65. The molecular formula is C14H17NO3S2. The minimum atomic E-state index is -3.63. The van der Waals surface area contributed by atoms with Crippen LogP contribution in [0, 0.1) is 13.8 Å². The van der Waals surface area contributed by atoms with Gasteiger partial charge in [-0.3, -0.25) is 4.72 Å². The molecule has 0 fully saturated rings. The van der Waals surface area contributed by atoms with Crippen LogP contribution in [-0.4, -0.2) is 13.5 Å². The van der Waals surface area contributed by atoms with Crippen LogP contribution in [0.25, 0.3) is 0 Å². The zero-order valence-corrected chi connectivity index (χ0v) is 13.2. The fourth-order valence-electron chi connectivity index (χ4n) is 2.03. The van der Waals surface area contributed by atoms with Crippen molar-refractivity contribution in [3.05, 3.63) is 45.6 Å². The fraction of sp³-hybridized carbons (Fsp3) is 0.286. The molecule has 1 heterocycles. The largest absolute Gasteiger partial charge is 0.389 e. The summed E-state index contributed by atoms with van der Waals surface area (Å²) in [4.78, 5) is 2.00. The normalized spacial score (nSPS) is 13.2. The van der Waals surface area contributed by atoms with Crippen LogP contribution >= 0.6 is 11.3 Å². The van der Waals surface area contributed by atoms with Gasteiger partial charge in [0.15, 0.2) is 0 Å². The van der Waals surface area contributed by atoms with Crippen molar-refractivity contribution in [2.75, 3.05) is 4.72 Å². The molecule has 2 N–H and O–H groups in total. The Labute approximate surface area is 123 Å². The molecule has 4 nitrogen and oxygen atoms in total. The van der Waals surface area contributed by atoms with Crippen LogP contribution in [0.1, 0.15) is 28.3 Å². The molecule has 0 spiro atoms. The summed E-state index contributed by atoms with van der Waals surface area (Å²) >= 11 is 1.45. The number of aliphatic hydroxyl groups excluding tert-OH is 1. The van der Waals surface area contributed by atoms with Crippen LogP contribution in [0.5, 0.6) is 0 Å². The van der Waals surface area contributed by atoms with Crippen molar-refractivity contribution in [2.45, 2.75) is 31.8 Å². The molecule has 1 aromatic heterocycles. The first-order valence-corrected chi connectivity index (χ1v) is 8.48. The lowest BCUT2D eigenvalue weighted by Crippen LogP contribution is -2.15. The zero-order valence-electron chi connectivity index (χ0n) is 11.5. The number of anilines is 1. The average molecular weight is 311 g/mol. The fourth-order valence-corrected chi connectivity index (χ4v) is 4.67. The van der Waals surface area contributed by atoms with E-state index in [1.54, 1.807) is 44.2 Å². The van der Waals surface area contributed by atoms with E-state index in [1.807, 2.05) is 6.92 Å². The zero-order chi connectivity index (χ0) is 14.9. The lowest BCUT2D eigenvalue weighted by Gasteiger charge is -2.14. The molecular weight excluding hydrogens is 294 g/mol. The molecule has 108 valence electrons. The number of aliphatic hydroxyl groups is 1. The predicted octanol–water partition coefficient (Wildman–Crippen LogP) is 3.22. The second-order valence-corrected chi connectivity index (χ2v) is 7.76. The van der Waals surface area contributed by atoms with Crippen LogP contribution in [0.2, 0.25) is 0 Å². The molecule has 0 aliphatic carbocycles. The third-order valence-electron chi connectivity index (χ3n) is 2.94. The third kappa shape index (κ3) is 3.03. The van der Waals surface area contributed by atoms with E-state index in [-0.39, 0.29) is 0 Å². The maximum Gasteiger partial charge on any atom is 0.263 e. The van der Waals surface area contributed by atoms with E-state index in [9.17, 15) is 13.5 Å². The van der Waals surface area contributed by atoms with Crippen molar-refractivity contribution in [3.8, 4) is 0 Å². The van der Waals surface area contributed by atoms with Crippen LogP contribution in [0.4, 0.5) is 5.69 Å². The van der Waals surface area contributed by atoms with E-state index in [0.717, 1.165) is 9.75 Å². The van der Waals surface area contributed by atoms with Crippen molar-refractivity contribution in [3.63, 3.8) is 0 Å². The number of hydrogen-bond donors (Lipinski definition) is 2. The Bertz CT molecular complexity index is 718. The highest BCUT2D eigenvalue weighted by Crippen LogP contribution is 2.29. The van der Waals surface area contributed by atoms with E-state index in [0.29, 0.717) is 16.1 Å². The second kappa shape index (κ2) is 5.55. The Hall–Kier alpha value is -1.37. The number of benzene rings is 1. The molecule has 2 rings (SSSR count). The highest BCUT2D eigenvalue weighted by atomic mass is 32.2. The van der Waals surface area contributed by atoms with Gasteiger partial charge >= 0.3 is 0 Å². The van der Waals surface area contributed by atoms with Crippen molar-refractivity contribution in [2.24, 2.45) is 0 Å². The lowest BCUT2D eigenvalue weighted by atomic mass is 10.1. The highest BCUT2D eigenvalue weighted by molar-refractivity contribution is 7.93. The number of sulfonamides is 1. The monoisotopic (exact) mass is 311 g/mol. The molecule has 0 radical (unpaired) electrons. The van der Waals surface area contributed by atoms with Crippen molar-refractivity contribution >= 4 is 27.0 Å². The Morgan fingerprint density at radius 3 is 2.45 bits per heavy atom. The van der Waals surface area contributed by atoms with Gasteiger partial charge in [-0.2, -0.15) is 0 Å². The summed E-state index contributed by atoms with van der Waals surface area (Å²) in [6, 6.07) is 8.50. The quantitative estimate of drug-likeness (QED) is 0.911. The van der Waals surface area contributed by atoms with Crippen molar-refractivity contribution in [1.82, 2.24) is 0 Å². The first kappa shape index (κ1) is 15.0. The summed E-state index contributed by atoms with van der Waals surface area (Å²) in [7, 11) is -3.63. The smallest absolute Gasteiger partial charge is 0.263 e. The van der Waals surface area contributed by atoms with E-state index in [1.165, 1.54) is 11.3 Å². The lowest BCUT2D eigenvalue weighted by molar-refractivity contribution is 0.200. The number of rotatable bonds is 4. The van der Waals surface area contributed by atoms with Gasteiger partial charge < -0.3 is 5.11 Å². The van der Waals surface area contributed by atoms with Gasteiger partial charge in [0, 0.05) is 15.3 Å². The van der Waals surface area contributed by atoms with E-state index in [4.69, 9.17) is 0 Å². The summed E-state index contributed by atoms with van der Waals surface area (Å²) in [6.45, 7) is 5.26. The molecule has 1 atom stereocenters. The minimum Gasteiger partial charge on any atom is -0.389 e. The van der Waals surface area contributed by atoms with Gasteiger partial charge in [-0.05, 0) is 32.9 Å². The van der Waals surface area contributed by atoms with Crippen LogP contribution in [0.3, 0.4) is 0 Å². The predicted molar refractivity (Wildman–Crippen MR) is 81.7 cm³/mol. The highest BCUT2D eigenvalue weighted by Gasteiger charge is 2.21. The van der Waals surface area contributed by atoms with Crippen molar-refractivity contribution < 1.29 is 13.5 Å². The van der Waals surface area contributed by atoms with Gasteiger partial charge in [0.05, 0.1) is 11.8 Å². The molecule has 2 aromatic rings. The number of hydrogen-bond acceptors (Lipinski definition) is 4. The van der Waals surface area contributed by atoms with E-state index >= 15 is 0 Å². The molecule has 0 aliphatic rings. The van der Waals surface area contributed by atoms with Gasteiger partial charge in [0.2, 0.25) is 0 Å². The van der Waals surface area contributed by atoms with Crippen molar-refractivity contribution in [1.29, 1.82) is 0 Å². The Morgan fingerprint density at radius 1 is 1.25 bits per heavy atom. The van der Waals surface area contributed by atoms with Crippen LogP contribution < -0.4 is 4.72 Å². The topological polar surface area (TPSA) is 66.4 Å². The maximum atomic E-state index is 12.4. The Balaban J connectivity index is 2.41. The number of thiophene rings is 1. The molecule has 1 aromatic carbocycles. The number of para-hydroxylation sites is 1. The molecule has 0 saturated carbocycles. The van der Waals surface area contributed by atoms with Gasteiger partial charge in [0.1, 0.15) is 4.90 Å². The summed E-state index contributed by atoms with van der Waals surface area (Å²) in [5.41, 5.74) is 0.964. The first-order valence-electron chi connectivity index (χ1n) is 6.18. The van der Waals surface area contributed by atoms with E-state index in [2.05, 4.69) is 4.72 Å². The standard InChI is InChI=1S/C14H17NO3S2/c1-9-8-14(11(3)19-9)20(17,18)15-13-7-5-4-6-12(13)10(2)16/h4-8,10,15-16H,1-3H3. The number of nitrogens with one attached hydrogen (secondary N) is 1. The molecule has 0 saturated heterocycles. The van der Waals surface area contributed by atoms with Gasteiger partial charge in [-0.1, -0.05) is 18.2 Å². The van der Waals surface area contributed by atoms with E-state index < -0.39 is 16.1 Å². The summed E-state index contributed by atoms with van der Waals surface area (Å²) in [5, 5.41) is 9.70. The molecule has 0 bridgehead atoms. The average Bonchev–Trinajstić information content (AvgIpc) is 2.69. The molecule has 0 aliphatic heterocycles. The Morgan fingerprint density at radius 2 is 1.90 bits per heavy atom. The van der Waals surface area contributed by atoms with Crippen LogP contribution in [0.15, 0.2) is 35.2 Å². The number of aryl methyl sites for hydroxylation is 2. The Kier molecular flexibility index (Phi) is 4.17. The van der Waals surface area contributed by atoms with Gasteiger partial charge in [-0.25, -0.2) is 8.42 Å². The minimum absolute atomic E-state index is 0.292. The molecule has 20 heavy (non-hydrogen) atoms. The maximum absolute atomic E-state index is 12.4. The first-order chi connectivity index (χ1) is 9.31. The SMILES string of the molecule is Cc1cc(S(=O)(=O)Nc2ccccc2C(C)O)c(C)s1. The summed E-state index contributed by atoms with van der Waals surface area (Å²) in [5.74, 6) is 0. The van der Waals surface area contributed by atoms with Gasteiger partial charge in [-0.15, -0.1) is 11.3 Å². The van der Waals surface area contributed by atoms with Crippen LogP contribution in [-0.2, 0) is 10.0 Å². The molecule has 0 amide bonds.